The molecule has 4 aromatic rings. The van der Waals surface area contributed by atoms with Crippen LogP contribution in [0.3, 0.4) is 0 Å². The van der Waals surface area contributed by atoms with Crippen molar-refractivity contribution < 1.29 is 19.1 Å². The fourth-order valence-corrected chi connectivity index (χ4v) is 3.28. The van der Waals surface area contributed by atoms with Gasteiger partial charge in [0.25, 0.3) is 11.8 Å². The number of hydrogen-bond acceptors (Lipinski definition) is 7. The van der Waals surface area contributed by atoms with Crippen LogP contribution in [-0.2, 0) is 6.54 Å². The lowest BCUT2D eigenvalue weighted by Gasteiger charge is -2.12. The van der Waals surface area contributed by atoms with Gasteiger partial charge in [0.15, 0.2) is 11.5 Å². The zero-order valence-electron chi connectivity index (χ0n) is 19.3. The number of tetrazole rings is 1. The molecule has 0 aliphatic carbocycles. The summed E-state index contributed by atoms with van der Waals surface area (Å²) >= 11 is 0. The SMILES string of the molecule is CCOc1cc(C(=O)NNC(=O)c2ccc(Cn3nnc(-c4ccccc4)n3)cc2)ccc1OC. The highest BCUT2D eigenvalue weighted by atomic mass is 16.5. The molecule has 0 spiro atoms. The molecule has 10 heteroatoms. The number of aromatic nitrogens is 4. The quantitative estimate of drug-likeness (QED) is 0.378. The standard InChI is InChI=1S/C25H24N6O4/c1-3-35-22-15-20(13-14-21(22)34-2)25(33)28-27-24(32)19-11-9-17(10-12-19)16-31-29-23(26-30-31)18-7-5-4-6-8-18/h4-15H,3,16H2,1-2H3,(H,27,32)(H,28,33). The van der Waals surface area contributed by atoms with E-state index in [0.29, 0.717) is 41.6 Å². The van der Waals surface area contributed by atoms with Crippen molar-refractivity contribution in [2.45, 2.75) is 13.5 Å². The first-order valence-electron chi connectivity index (χ1n) is 10.9. The molecule has 4 rings (SSSR count). The molecule has 0 atom stereocenters. The summed E-state index contributed by atoms with van der Waals surface area (Å²) in [4.78, 5) is 26.4. The summed E-state index contributed by atoms with van der Waals surface area (Å²) in [5.41, 5.74) is 7.31. The van der Waals surface area contributed by atoms with Gasteiger partial charge in [-0.2, -0.15) is 4.80 Å². The van der Waals surface area contributed by atoms with Gasteiger partial charge >= 0.3 is 0 Å². The van der Waals surface area contributed by atoms with Gasteiger partial charge in [-0.05, 0) is 48.0 Å². The molecule has 2 amide bonds. The Morgan fingerprint density at radius 3 is 2.26 bits per heavy atom. The summed E-state index contributed by atoms with van der Waals surface area (Å²) < 4.78 is 10.7. The van der Waals surface area contributed by atoms with Gasteiger partial charge in [0.1, 0.15) is 0 Å². The monoisotopic (exact) mass is 472 g/mol. The summed E-state index contributed by atoms with van der Waals surface area (Å²) in [6.45, 7) is 2.66. The largest absolute Gasteiger partial charge is 0.493 e. The van der Waals surface area contributed by atoms with Crippen LogP contribution in [0.1, 0.15) is 33.2 Å². The smallest absolute Gasteiger partial charge is 0.269 e. The highest BCUT2D eigenvalue weighted by Crippen LogP contribution is 2.28. The summed E-state index contributed by atoms with van der Waals surface area (Å²) in [7, 11) is 1.52. The van der Waals surface area contributed by atoms with Crippen molar-refractivity contribution in [3.05, 3.63) is 89.5 Å². The van der Waals surface area contributed by atoms with Crippen LogP contribution >= 0.6 is 0 Å². The lowest BCUT2D eigenvalue weighted by atomic mass is 10.1. The lowest BCUT2D eigenvalue weighted by molar-refractivity contribution is 0.0846. The predicted molar refractivity (Wildman–Crippen MR) is 128 cm³/mol. The third-order valence-corrected chi connectivity index (χ3v) is 5.04. The van der Waals surface area contributed by atoms with Gasteiger partial charge in [-0.15, -0.1) is 10.2 Å². The van der Waals surface area contributed by atoms with E-state index in [0.717, 1.165) is 11.1 Å². The number of amides is 2. The van der Waals surface area contributed by atoms with E-state index < -0.39 is 11.8 Å². The average molecular weight is 473 g/mol. The van der Waals surface area contributed by atoms with Crippen LogP contribution in [0.5, 0.6) is 11.5 Å². The van der Waals surface area contributed by atoms with Gasteiger partial charge in [0.2, 0.25) is 5.82 Å². The topological polar surface area (TPSA) is 120 Å². The molecule has 2 N–H and O–H groups in total. The van der Waals surface area contributed by atoms with E-state index in [1.54, 1.807) is 42.5 Å². The molecular formula is C25H24N6O4. The molecule has 0 fully saturated rings. The third kappa shape index (κ3) is 5.80. The average Bonchev–Trinajstić information content (AvgIpc) is 3.36. The number of hydrogen-bond donors (Lipinski definition) is 2. The summed E-state index contributed by atoms with van der Waals surface area (Å²) in [6.07, 6.45) is 0. The number of hydrazine groups is 1. The molecule has 1 aromatic heterocycles. The number of ether oxygens (including phenoxy) is 2. The van der Waals surface area contributed by atoms with Crippen LogP contribution in [0.4, 0.5) is 0 Å². The van der Waals surface area contributed by atoms with Crippen LogP contribution in [0.25, 0.3) is 11.4 Å². The van der Waals surface area contributed by atoms with Crippen molar-refractivity contribution in [1.29, 1.82) is 0 Å². The van der Waals surface area contributed by atoms with Crippen molar-refractivity contribution in [2.24, 2.45) is 0 Å². The molecule has 10 nitrogen and oxygen atoms in total. The number of nitrogens with zero attached hydrogens (tertiary/aromatic N) is 4. The lowest BCUT2D eigenvalue weighted by Crippen LogP contribution is -2.41. The first kappa shape index (κ1) is 23.4. The normalized spacial score (nSPS) is 10.5. The van der Waals surface area contributed by atoms with Crippen molar-refractivity contribution >= 4 is 11.8 Å². The third-order valence-electron chi connectivity index (χ3n) is 5.04. The zero-order chi connectivity index (χ0) is 24.6. The van der Waals surface area contributed by atoms with E-state index in [-0.39, 0.29) is 0 Å². The molecule has 0 unspecified atom stereocenters. The second-order valence-electron chi connectivity index (χ2n) is 7.41. The van der Waals surface area contributed by atoms with Crippen molar-refractivity contribution in [3.63, 3.8) is 0 Å². The molecule has 0 saturated heterocycles. The molecular weight excluding hydrogens is 448 g/mol. The molecule has 35 heavy (non-hydrogen) atoms. The first-order chi connectivity index (χ1) is 17.1. The van der Waals surface area contributed by atoms with E-state index in [1.807, 2.05) is 37.3 Å². The first-order valence-corrected chi connectivity index (χ1v) is 10.9. The Hall–Kier alpha value is -4.73. The van der Waals surface area contributed by atoms with Gasteiger partial charge in [0.05, 0.1) is 20.3 Å². The van der Waals surface area contributed by atoms with E-state index in [4.69, 9.17) is 9.47 Å². The number of carbonyl (C=O) groups is 2. The van der Waals surface area contributed by atoms with Crippen molar-refractivity contribution in [1.82, 2.24) is 31.1 Å². The maximum Gasteiger partial charge on any atom is 0.269 e. The van der Waals surface area contributed by atoms with E-state index in [2.05, 4.69) is 26.3 Å². The molecule has 0 bridgehead atoms. The highest BCUT2D eigenvalue weighted by molar-refractivity contribution is 5.99. The van der Waals surface area contributed by atoms with E-state index in [9.17, 15) is 9.59 Å². The number of methoxy groups -OCH3 is 1. The van der Waals surface area contributed by atoms with Gasteiger partial charge in [0, 0.05) is 16.7 Å². The Bertz CT molecular complexity index is 1310. The number of carbonyl (C=O) groups excluding carboxylic acids is 2. The molecule has 1 heterocycles. The van der Waals surface area contributed by atoms with Gasteiger partial charge in [-0.25, -0.2) is 0 Å². The molecule has 0 radical (unpaired) electrons. The minimum atomic E-state index is -0.481. The minimum absolute atomic E-state index is 0.320. The minimum Gasteiger partial charge on any atom is -0.493 e. The Morgan fingerprint density at radius 1 is 0.886 bits per heavy atom. The van der Waals surface area contributed by atoms with Crippen LogP contribution in [0.2, 0.25) is 0 Å². The molecule has 0 aliphatic heterocycles. The predicted octanol–water partition coefficient (Wildman–Crippen LogP) is 2.87. The number of nitrogens with one attached hydrogen (secondary N) is 2. The molecule has 3 aromatic carbocycles. The second-order valence-corrected chi connectivity index (χ2v) is 7.41. The fourth-order valence-electron chi connectivity index (χ4n) is 3.28. The molecule has 0 saturated carbocycles. The molecule has 178 valence electrons. The fraction of sp³-hybridized carbons (Fsp3) is 0.160. The van der Waals surface area contributed by atoms with Gasteiger partial charge in [-0.3, -0.25) is 20.4 Å². The number of benzene rings is 3. The van der Waals surface area contributed by atoms with E-state index >= 15 is 0 Å². The Kier molecular flexibility index (Phi) is 7.31. The van der Waals surface area contributed by atoms with Crippen LogP contribution in [0, 0.1) is 0 Å². The Morgan fingerprint density at radius 2 is 1.57 bits per heavy atom. The van der Waals surface area contributed by atoms with Crippen molar-refractivity contribution in [3.8, 4) is 22.9 Å². The highest BCUT2D eigenvalue weighted by Gasteiger charge is 2.13. The molecule has 0 aliphatic rings. The summed E-state index contributed by atoms with van der Waals surface area (Å²) in [5.74, 6) is 0.577. The maximum absolute atomic E-state index is 12.5. The van der Waals surface area contributed by atoms with Crippen LogP contribution < -0.4 is 20.3 Å². The van der Waals surface area contributed by atoms with Crippen LogP contribution in [0.15, 0.2) is 72.8 Å². The Balaban J connectivity index is 1.33. The van der Waals surface area contributed by atoms with Crippen LogP contribution in [-0.4, -0.2) is 45.7 Å². The number of rotatable bonds is 8. The van der Waals surface area contributed by atoms with Gasteiger partial charge < -0.3 is 9.47 Å². The van der Waals surface area contributed by atoms with Crippen molar-refractivity contribution in [2.75, 3.05) is 13.7 Å². The van der Waals surface area contributed by atoms with Gasteiger partial charge in [-0.1, -0.05) is 42.5 Å². The second kappa shape index (κ2) is 10.9. The summed E-state index contributed by atoms with van der Waals surface area (Å²) in [5, 5.41) is 12.6. The zero-order valence-corrected chi connectivity index (χ0v) is 19.3. The Labute approximate surface area is 201 Å². The maximum atomic E-state index is 12.5. The van der Waals surface area contributed by atoms with E-state index in [1.165, 1.54) is 11.9 Å². The summed E-state index contributed by atoms with van der Waals surface area (Å²) in [6, 6.07) is 21.3.